The number of hydrogen-bond donors (Lipinski definition) is 1. The summed E-state index contributed by atoms with van der Waals surface area (Å²) in [6, 6.07) is 2.01. The monoisotopic (exact) mass is 226 g/mol. The smallest absolute Gasteiger partial charge is 0.149 e. The van der Waals surface area contributed by atoms with Crippen LogP contribution in [-0.2, 0) is 0 Å². The first kappa shape index (κ1) is 11.3. The van der Waals surface area contributed by atoms with E-state index in [4.69, 9.17) is 5.73 Å². The fourth-order valence-electron chi connectivity index (χ4n) is 1.55. The Bertz CT molecular complexity index is 575. The van der Waals surface area contributed by atoms with Crippen molar-refractivity contribution < 1.29 is 0 Å². The molecular formula is C13H14N4. The zero-order valence-electron chi connectivity index (χ0n) is 9.94. The summed E-state index contributed by atoms with van der Waals surface area (Å²) in [7, 11) is 0. The summed E-state index contributed by atoms with van der Waals surface area (Å²) in [5.74, 6) is 0.405. The van der Waals surface area contributed by atoms with Crippen molar-refractivity contribution in [3.05, 3.63) is 42.5 Å². The van der Waals surface area contributed by atoms with Gasteiger partial charge in [0.1, 0.15) is 11.5 Å². The van der Waals surface area contributed by atoms with E-state index in [0.717, 1.165) is 22.4 Å². The van der Waals surface area contributed by atoms with Gasteiger partial charge in [-0.3, -0.25) is 4.98 Å². The summed E-state index contributed by atoms with van der Waals surface area (Å²) in [5.41, 5.74) is 9.96. The number of nitrogen functional groups attached to an aromatic ring is 1. The molecule has 2 N–H and O–H groups in total. The van der Waals surface area contributed by atoms with Gasteiger partial charge >= 0.3 is 0 Å². The van der Waals surface area contributed by atoms with Gasteiger partial charge in [0.15, 0.2) is 0 Å². The molecule has 2 aromatic rings. The molecule has 4 nitrogen and oxygen atoms in total. The topological polar surface area (TPSA) is 64.7 Å². The summed E-state index contributed by atoms with van der Waals surface area (Å²) >= 11 is 0. The van der Waals surface area contributed by atoms with E-state index in [1.54, 1.807) is 18.6 Å². The number of aromatic nitrogens is 3. The van der Waals surface area contributed by atoms with Crippen molar-refractivity contribution in [1.82, 2.24) is 15.0 Å². The average molecular weight is 226 g/mol. The third-order valence-corrected chi connectivity index (χ3v) is 2.38. The van der Waals surface area contributed by atoms with E-state index in [1.165, 1.54) is 0 Å². The molecule has 0 radical (unpaired) electrons. The molecule has 0 spiro atoms. The highest BCUT2D eigenvalue weighted by Gasteiger charge is 2.07. The molecule has 0 amide bonds. The molecule has 2 aromatic heterocycles. The molecule has 86 valence electrons. The van der Waals surface area contributed by atoms with Gasteiger partial charge in [0.25, 0.3) is 0 Å². The fraction of sp³-hybridized carbons (Fsp3) is 0.154. The predicted octanol–water partition coefficient (Wildman–Crippen LogP) is 2.46. The lowest BCUT2D eigenvalue weighted by atomic mass is 10.1. The normalized spacial score (nSPS) is 10.2. The maximum Gasteiger partial charge on any atom is 0.149 e. The second kappa shape index (κ2) is 4.33. The molecule has 0 aliphatic carbocycles. The number of nitrogens with two attached hydrogens (primary N) is 1. The largest absolute Gasteiger partial charge is 0.382 e. The first-order valence-electron chi connectivity index (χ1n) is 5.28. The number of rotatable bonds is 2. The highest BCUT2D eigenvalue weighted by molar-refractivity contribution is 5.69. The van der Waals surface area contributed by atoms with Crippen LogP contribution in [0.1, 0.15) is 18.2 Å². The molecule has 0 aromatic carbocycles. The zero-order chi connectivity index (χ0) is 12.4. The lowest BCUT2D eigenvalue weighted by Gasteiger charge is -2.06. The summed E-state index contributed by atoms with van der Waals surface area (Å²) in [6.07, 6.45) is 5.21. The van der Waals surface area contributed by atoms with E-state index in [0.29, 0.717) is 11.5 Å². The van der Waals surface area contributed by atoms with Gasteiger partial charge in [-0.05, 0) is 31.1 Å². The van der Waals surface area contributed by atoms with Crippen LogP contribution in [0.5, 0.6) is 0 Å². The maximum atomic E-state index is 5.75. The summed E-state index contributed by atoms with van der Waals surface area (Å²) in [6.45, 7) is 7.69. The quantitative estimate of drug-likeness (QED) is 0.854. The minimum absolute atomic E-state index is 0.405. The van der Waals surface area contributed by atoms with Crippen molar-refractivity contribution in [1.29, 1.82) is 0 Å². The summed E-state index contributed by atoms with van der Waals surface area (Å²) in [5, 5.41) is 0. The van der Waals surface area contributed by atoms with E-state index >= 15 is 0 Å². The third-order valence-electron chi connectivity index (χ3n) is 2.38. The number of aryl methyl sites for hydroxylation is 1. The van der Waals surface area contributed by atoms with E-state index < -0.39 is 0 Å². The van der Waals surface area contributed by atoms with E-state index in [9.17, 15) is 0 Å². The molecule has 0 saturated heterocycles. The molecule has 0 aliphatic heterocycles. The average Bonchev–Trinajstić information content (AvgIpc) is 2.29. The molecular weight excluding hydrogens is 212 g/mol. The Morgan fingerprint density at radius 2 is 2.06 bits per heavy atom. The van der Waals surface area contributed by atoms with Crippen LogP contribution in [0.15, 0.2) is 31.2 Å². The first-order valence-corrected chi connectivity index (χ1v) is 5.28. The van der Waals surface area contributed by atoms with Gasteiger partial charge in [0.2, 0.25) is 0 Å². The van der Waals surface area contributed by atoms with Gasteiger partial charge in [0.05, 0.1) is 11.9 Å². The minimum Gasteiger partial charge on any atom is -0.382 e. The van der Waals surface area contributed by atoms with Crippen LogP contribution in [0.2, 0.25) is 0 Å². The van der Waals surface area contributed by atoms with Crippen molar-refractivity contribution in [3.63, 3.8) is 0 Å². The van der Waals surface area contributed by atoms with Gasteiger partial charge in [-0.15, -0.1) is 0 Å². The number of allylic oxidation sites excluding steroid dienone is 1. The van der Waals surface area contributed by atoms with E-state index in [2.05, 4.69) is 21.5 Å². The number of nitrogens with zero attached hydrogens (tertiary/aromatic N) is 3. The van der Waals surface area contributed by atoms with Crippen LogP contribution in [0.4, 0.5) is 5.82 Å². The second-order valence-corrected chi connectivity index (χ2v) is 4.02. The Hall–Kier alpha value is -2.23. The zero-order valence-corrected chi connectivity index (χ0v) is 9.94. The van der Waals surface area contributed by atoms with Crippen LogP contribution in [-0.4, -0.2) is 15.0 Å². The molecule has 4 heteroatoms. The molecule has 0 aliphatic rings. The Morgan fingerprint density at radius 1 is 1.29 bits per heavy atom. The molecule has 0 saturated carbocycles. The lowest BCUT2D eigenvalue weighted by Crippen LogP contribution is -2.00. The third kappa shape index (κ3) is 2.30. The van der Waals surface area contributed by atoms with Gasteiger partial charge in [-0.2, -0.15) is 0 Å². The van der Waals surface area contributed by atoms with Gasteiger partial charge in [-0.25, -0.2) is 9.97 Å². The Morgan fingerprint density at radius 3 is 2.71 bits per heavy atom. The molecule has 0 bridgehead atoms. The number of anilines is 1. The fourth-order valence-corrected chi connectivity index (χ4v) is 1.55. The first-order chi connectivity index (χ1) is 8.08. The minimum atomic E-state index is 0.405. The lowest BCUT2D eigenvalue weighted by molar-refractivity contribution is 1.17. The standard InChI is InChI=1S/C13H14N4/c1-8(2)12-13(14)16-7-11(17-12)10-4-9(3)5-15-6-10/h4-7H,1H2,2-3H3,(H2,14,16). The molecule has 2 heterocycles. The predicted molar refractivity (Wildman–Crippen MR) is 69.1 cm³/mol. The summed E-state index contributed by atoms with van der Waals surface area (Å²) < 4.78 is 0. The number of pyridine rings is 1. The van der Waals surface area contributed by atoms with Crippen LogP contribution < -0.4 is 5.73 Å². The SMILES string of the molecule is C=C(C)c1nc(-c2cncc(C)c2)cnc1N. The summed E-state index contributed by atoms with van der Waals surface area (Å²) in [4.78, 5) is 12.7. The van der Waals surface area contributed by atoms with Gasteiger partial charge in [-0.1, -0.05) is 6.58 Å². The molecule has 0 unspecified atom stereocenters. The molecule has 2 rings (SSSR count). The maximum absolute atomic E-state index is 5.75. The van der Waals surface area contributed by atoms with E-state index in [1.807, 2.05) is 19.9 Å². The Labute approximate surface area is 100 Å². The molecule has 0 atom stereocenters. The molecule has 17 heavy (non-hydrogen) atoms. The molecule has 0 fully saturated rings. The van der Waals surface area contributed by atoms with Gasteiger partial charge < -0.3 is 5.73 Å². The van der Waals surface area contributed by atoms with Crippen LogP contribution >= 0.6 is 0 Å². The van der Waals surface area contributed by atoms with E-state index in [-0.39, 0.29) is 0 Å². The number of hydrogen-bond acceptors (Lipinski definition) is 4. The van der Waals surface area contributed by atoms with Crippen molar-refractivity contribution in [2.24, 2.45) is 0 Å². The van der Waals surface area contributed by atoms with Crippen molar-refractivity contribution >= 4 is 11.4 Å². The Balaban J connectivity index is 2.54. The van der Waals surface area contributed by atoms with Crippen molar-refractivity contribution in [2.45, 2.75) is 13.8 Å². The van der Waals surface area contributed by atoms with Crippen LogP contribution in [0.25, 0.3) is 16.8 Å². The highest BCUT2D eigenvalue weighted by atomic mass is 14.9. The Kier molecular flexibility index (Phi) is 2.87. The van der Waals surface area contributed by atoms with Crippen LogP contribution in [0, 0.1) is 6.92 Å². The van der Waals surface area contributed by atoms with Gasteiger partial charge in [0, 0.05) is 18.0 Å². The second-order valence-electron chi connectivity index (χ2n) is 4.02. The van der Waals surface area contributed by atoms with Crippen LogP contribution in [0.3, 0.4) is 0 Å². The highest BCUT2D eigenvalue weighted by Crippen LogP contribution is 2.21. The van der Waals surface area contributed by atoms with Crippen molar-refractivity contribution in [2.75, 3.05) is 5.73 Å². The van der Waals surface area contributed by atoms with Crippen molar-refractivity contribution in [3.8, 4) is 11.3 Å².